The molecule has 0 spiro atoms. The second-order valence-corrected chi connectivity index (χ2v) is 4.10. The first-order valence-corrected chi connectivity index (χ1v) is 5.98. The first-order valence-electron chi connectivity index (χ1n) is 5.98. The van der Waals surface area contributed by atoms with Crippen molar-refractivity contribution < 1.29 is 14.1 Å². The van der Waals surface area contributed by atoms with Crippen molar-refractivity contribution in [1.29, 1.82) is 0 Å². The number of nitrogens with one attached hydrogen (secondary N) is 1. The van der Waals surface area contributed by atoms with E-state index in [0.717, 1.165) is 6.42 Å². The maximum atomic E-state index is 10.6. The lowest BCUT2D eigenvalue weighted by molar-refractivity contribution is -0.117. The molecule has 1 aromatic heterocycles. The molecule has 0 saturated heterocycles. The fraction of sp³-hybridized carbons (Fsp3) is 0.727. The number of hydrogen-bond donors (Lipinski definition) is 2. The van der Waals surface area contributed by atoms with Crippen molar-refractivity contribution in [2.24, 2.45) is 5.73 Å². The van der Waals surface area contributed by atoms with E-state index in [-0.39, 0.29) is 6.54 Å². The maximum Gasteiger partial charge on any atom is 0.240 e. The Morgan fingerprint density at radius 2 is 2.28 bits per heavy atom. The number of carbonyl (C=O) groups excluding carboxylic acids is 1. The molecule has 3 N–H and O–H groups in total. The standard InChI is InChI=1S/C11H20N4O3/c1-4-11(3,17-5-2)10-14-9(18-15-10)7-13-6-8(12)16/h13H,4-7H2,1-3H3,(H2,12,16). The van der Waals surface area contributed by atoms with E-state index in [2.05, 4.69) is 15.5 Å². The third kappa shape index (κ3) is 3.78. The molecule has 0 aromatic carbocycles. The van der Waals surface area contributed by atoms with Crippen molar-refractivity contribution in [2.75, 3.05) is 13.2 Å². The average molecular weight is 256 g/mol. The summed E-state index contributed by atoms with van der Waals surface area (Å²) >= 11 is 0. The van der Waals surface area contributed by atoms with Crippen molar-refractivity contribution in [1.82, 2.24) is 15.5 Å². The van der Waals surface area contributed by atoms with Crippen LogP contribution < -0.4 is 11.1 Å². The zero-order valence-electron chi connectivity index (χ0n) is 11.0. The molecule has 1 aromatic rings. The van der Waals surface area contributed by atoms with Gasteiger partial charge in [0.25, 0.3) is 0 Å². The molecular weight excluding hydrogens is 236 g/mol. The number of primary amides is 1. The first kappa shape index (κ1) is 14.6. The van der Waals surface area contributed by atoms with Gasteiger partial charge < -0.3 is 15.0 Å². The van der Waals surface area contributed by atoms with Crippen molar-refractivity contribution in [3.63, 3.8) is 0 Å². The second-order valence-electron chi connectivity index (χ2n) is 4.10. The predicted molar refractivity (Wildman–Crippen MR) is 64.5 cm³/mol. The quantitative estimate of drug-likeness (QED) is 0.693. The van der Waals surface area contributed by atoms with E-state index in [1.165, 1.54) is 0 Å². The monoisotopic (exact) mass is 256 g/mol. The number of hydrogen-bond acceptors (Lipinski definition) is 6. The summed E-state index contributed by atoms with van der Waals surface area (Å²) in [5.74, 6) is 0.496. The molecule has 0 fully saturated rings. The lowest BCUT2D eigenvalue weighted by Gasteiger charge is -2.23. The Morgan fingerprint density at radius 3 is 2.83 bits per heavy atom. The van der Waals surface area contributed by atoms with Crippen LogP contribution in [-0.4, -0.2) is 29.2 Å². The largest absolute Gasteiger partial charge is 0.369 e. The molecule has 1 rings (SSSR count). The van der Waals surface area contributed by atoms with Gasteiger partial charge in [-0.15, -0.1) is 0 Å². The molecule has 0 radical (unpaired) electrons. The van der Waals surface area contributed by atoms with E-state index < -0.39 is 11.5 Å². The minimum atomic E-state index is -0.541. The molecule has 0 saturated carbocycles. The highest BCUT2D eigenvalue weighted by molar-refractivity contribution is 5.75. The number of nitrogens with two attached hydrogens (primary N) is 1. The zero-order chi connectivity index (χ0) is 13.6. The Labute approximate surface area is 106 Å². The highest BCUT2D eigenvalue weighted by Crippen LogP contribution is 2.26. The van der Waals surface area contributed by atoms with Crippen LogP contribution in [0.2, 0.25) is 0 Å². The number of aromatic nitrogens is 2. The van der Waals surface area contributed by atoms with Crippen LogP contribution >= 0.6 is 0 Å². The third-order valence-corrected chi connectivity index (χ3v) is 2.65. The summed E-state index contributed by atoms with van der Waals surface area (Å²) in [5.41, 5.74) is 4.46. The number of amides is 1. The normalized spacial score (nSPS) is 14.4. The summed E-state index contributed by atoms with van der Waals surface area (Å²) in [5, 5.41) is 6.71. The lowest BCUT2D eigenvalue weighted by atomic mass is 10.0. The Bertz CT molecular complexity index is 393. The Balaban J connectivity index is 2.64. The molecule has 1 heterocycles. The molecule has 7 nitrogen and oxygen atoms in total. The van der Waals surface area contributed by atoms with Crippen LogP contribution in [0.15, 0.2) is 4.52 Å². The van der Waals surface area contributed by atoms with Crippen LogP contribution in [0, 0.1) is 0 Å². The van der Waals surface area contributed by atoms with Gasteiger partial charge in [-0.25, -0.2) is 0 Å². The van der Waals surface area contributed by atoms with Gasteiger partial charge in [0.05, 0.1) is 13.1 Å². The molecule has 0 aliphatic heterocycles. The molecular formula is C11H20N4O3. The van der Waals surface area contributed by atoms with Crippen molar-refractivity contribution in [3.05, 3.63) is 11.7 Å². The molecule has 1 amide bonds. The van der Waals surface area contributed by atoms with Crippen LogP contribution in [0.3, 0.4) is 0 Å². The van der Waals surface area contributed by atoms with Gasteiger partial charge in [0.2, 0.25) is 17.6 Å². The zero-order valence-corrected chi connectivity index (χ0v) is 11.0. The van der Waals surface area contributed by atoms with E-state index >= 15 is 0 Å². The molecule has 0 aliphatic rings. The molecule has 1 atom stereocenters. The van der Waals surface area contributed by atoms with E-state index in [9.17, 15) is 4.79 Å². The lowest BCUT2D eigenvalue weighted by Crippen LogP contribution is -2.28. The SMILES string of the molecule is CCOC(C)(CC)c1noc(CNCC(N)=O)n1. The van der Waals surface area contributed by atoms with Gasteiger partial charge in [-0.3, -0.25) is 10.1 Å². The van der Waals surface area contributed by atoms with Gasteiger partial charge in [0, 0.05) is 6.61 Å². The van der Waals surface area contributed by atoms with E-state index in [4.69, 9.17) is 15.0 Å². The third-order valence-electron chi connectivity index (χ3n) is 2.65. The van der Waals surface area contributed by atoms with E-state index in [1.807, 2.05) is 20.8 Å². The van der Waals surface area contributed by atoms with Crippen molar-refractivity contribution in [2.45, 2.75) is 39.3 Å². The first-order chi connectivity index (χ1) is 8.51. The molecule has 18 heavy (non-hydrogen) atoms. The second kappa shape index (κ2) is 6.46. The smallest absolute Gasteiger partial charge is 0.240 e. The summed E-state index contributed by atoms with van der Waals surface area (Å²) in [6, 6.07) is 0. The van der Waals surface area contributed by atoms with Crippen LogP contribution in [0.25, 0.3) is 0 Å². The minimum Gasteiger partial charge on any atom is -0.369 e. The number of rotatable bonds is 8. The number of ether oxygens (including phenoxy) is 1. The van der Waals surface area contributed by atoms with Gasteiger partial charge in [-0.05, 0) is 20.3 Å². The summed E-state index contributed by atoms with van der Waals surface area (Å²) in [7, 11) is 0. The van der Waals surface area contributed by atoms with Gasteiger partial charge in [-0.2, -0.15) is 4.98 Å². The highest BCUT2D eigenvalue weighted by Gasteiger charge is 2.30. The molecule has 0 aliphatic carbocycles. The summed E-state index contributed by atoms with van der Waals surface area (Å²) in [4.78, 5) is 14.8. The maximum absolute atomic E-state index is 10.6. The summed E-state index contributed by atoms with van der Waals surface area (Å²) in [6.45, 7) is 6.80. The van der Waals surface area contributed by atoms with Gasteiger partial charge in [-0.1, -0.05) is 12.1 Å². The van der Waals surface area contributed by atoms with Gasteiger partial charge >= 0.3 is 0 Å². The Kier molecular flexibility index (Phi) is 5.24. The van der Waals surface area contributed by atoms with Crippen LogP contribution in [0.4, 0.5) is 0 Å². The summed E-state index contributed by atoms with van der Waals surface area (Å²) in [6.07, 6.45) is 0.745. The minimum absolute atomic E-state index is 0.0776. The highest BCUT2D eigenvalue weighted by atomic mass is 16.5. The van der Waals surface area contributed by atoms with Crippen LogP contribution in [0.5, 0.6) is 0 Å². The summed E-state index contributed by atoms with van der Waals surface area (Å²) < 4.78 is 10.7. The van der Waals surface area contributed by atoms with Gasteiger partial charge in [0.1, 0.15) is 5.60 Å². The van der Waals surface area contributed by atoms with Crippen molar-refractivity contribution in [3.8, 4) is 0 Å². The fourth-order valence-electron chi connectivity index (χ4n) is 1.48. The number of carbonyl (C=O) groups is 1. The van der Waals surface area contributed by atoms with Gasteiger partial charge in [0.15, 0.2) is 0 Å². The van der Waals surface area contributed by atoms with E-state index in [1.54, 1.807) is 0 Å². The Morgan fingerprint density at radius 1 is 1.56 bits per heavy atom. The van der Waals surface area contributed by atoms with Crippen LogP contribution in [-0.2, 0) is 21.7 Å². The number of nitrogens with zero attached hydrogens (tertiary/aromatic N) is 2. The average Bonchev–Trinajstić information content (AvgIpc) is 2.78. The van der Waals surface area contributed by atoms with Crippen molar-refractivity contribution >= 4 is 5.91 Å². The Hall–Kier alpha value is -1.47. The topological polar surface area (TPSA) is 103 Å². The molecule has 0 bridgehead atoms. The fourth-order valence-corrected chi connectivity index (χ4v) is 1.48. The van der Waals surface area contributed by atoms with E-state index in [0.29, 0.717) is 24.9 Å². The molecule has 1 unspecified atom stereocenters. The van der Waals surface area contributed by atoms with Crippen LogP contribution in [0.1, 0.15) is 38.9 Å². The molecule has 102 valence electrons. The predicted octanol–water partition coefficient (Wildman–Crippen LogP) is 0.306. The molecule has 7 heteroatoms.